The van der Waals surface area contributed by atoms with Crippen LogP contribution < -0.4 is 5.01 Å². The van der Waals surface area contributed by atoms with Gasteiger partial charge in [-0.25, -0.2) is 15.0 Å². The molecular weight excluding hydrogens is 608 g/mol. The zero-order chi connectivity index (χ0) is 27.2. The molecule has 8 heteroatoms. The van der Waals surface area contributed by atoms with Gasteiger partial charge in [-0.2, -0.15) is 5.10 Å². The Morgan fingerprint density at radius 2 is 1.50 bits per heavy atom. The number of halogens is 2. The number of carbonyl (C=O) groups excluding carboxylic acids is 2. The van der Waals surface area contributed by atoms with Crippen molar-refractivity contribution in [3.63, 3.8) is 0 Å². The third-order valence-corrected chi connectivity index (χ3v) is 8.73. The molecule has 0 bridgehead atoms. The maximum absolute atomic E-state index is 14.7. The van der Waals surface area contributed by atoms with Crippen molar-refractivity contribution in [3.05, 3.63) is 98.9 Å². The van der Waals surface area contributed by atoms with Crippen molar-refractivity contribution in [1.29, 1.82) is 0 Å². The van der Waals surface area contributed by atoms with Crippen molar-refractivity contribution in [1.82, 2.24) is 10.0 Å². The standard InChI is InChI=1S/C30H30Br2N4O2/c1-20-27(22-10-12-23(31)13-11-22)33-36(25-16-14-24(32)15-17-25)30(20,4)28(38)35-26(37)18-29(2,3)34(35)19-21-8-6-5-7-9-21/h5-17,20H,18-19H2,1-4H3/t20?,30-/m1/s1. The zero-order valence-electron chi connectivity index (χ0n) is 21.9. The molecule has 0 aliphatic carbocycles. The molecule has 1 fully saturated rings. The number of imide groups is 1. The fourth-order valence-electron chi connectivity index (χ4n) is 5.28. The number of hydrazone groups is 1. The van der Waals surface area contributed by atoms with E-state index in [2.05, 4.69) is 31.9 Å². The first-order chi connectivity index (χ1) is 18.0. The minimum atomic E-state index is -1.14. The number of hydrazine groups is 1. The largest absolute Gasteiger partial charge is 0.273 e. The number of nitrogens with zero attached hydrogens (tertiary/aromatic N) is 4. The van der Waals surface area contributed by atoms with Gasteiger partial charge in [0.05, 0.1) is 11.4 Å². The van der Waals surface area contributed by atoms with Crippen LogP contribution in [-0.2, 0) is 16.1 Å². The molecule has 0 saturated carbocycles. The van der Waals surface area contributed by atoms with E-state index in [0.29, 0.717) is 6.54 Å². The lowest BCUT2D eigenvalue weighted by Crippen LogP contribution is -2.62. The van der Waals surface area contributed by atoms with E-state index >= 15 is 0 Å². The molecule has 2 atom stereocenters. The van der Waals surface area contributed by atoms with E-state index < -0.39 is 11.1 Å². The van der Waals surface area contributed by atoms with Crippen LogP contribution >= 0.6 is 31.9 Å². The Bertz CT molecular complexity index is 1390. The first-order valence-electron chi connectivity index (χ1n) is 12.6. The number of anilines is 1. The molecule has 1 unspecified atom stereocenters. The molecule has 3 aromatic rings. The van der Waals surface area contributed by atoms with Crippen LogP contribution in [0, 0.1) is 5.92 Å². The maximum Gasteiger partial charge on any atom is 0.272 e. The second-order valence-corrected chi connectivity index (χ2v) is 12.5. The van der Waals surface area contributed by atoms with E-state index in [1.165, 1.54) is 5.01 Å². The molecule has 2 amide bonds. The van der Waals surface area contributed by atoms with Crippen LogP contribution in [0.1, 0.15) is 45.2 Å². The molecule has 6 nitrogen and oxygen atoms in total. The molecule has 38 heavy (non-hydrogen) atoms. The highest BCUT2D eigenvalue weighted by Crippen LogP contribution is 2.43. The minimum Gasteiger partial charge on any atom is -0.273 e. The normalized spacial score (nSPS) is 23.2. The summed E-state index contributed by atoms with van der Waals surface area (Å²) in [6.07, 6.45) is 0.259. The first-order valence-corrected chi connectivity index (χ1v) is 14.2. The monoisotopic (exact) mass is 636 g/mol. The Hall–Kier alpha value is -2.81. The number of hydrogen-bond acceptors (Lipinski definition) is 5. The van der Waals surface area contributed by atoms with Gasteiger partial charge in [-0.1, -0.05) is 81.2 Å². The Morgan fingerprint density at radius 1 is 0.921 bits per heavy atom. The van der Waals surface area contributed by atoms with E-state index in [4.69, 9.17) is 5.10 Å². The van der Waals surface area contributed by atoms with Gasteiger partial charge in [0.1, 0.15) is 5.54 Å². The van der Waals surface area contributed by atoms with Crippen LogP contribution in [0.4, 0.5) is 5.69 Å². The van der Waals surface area contributed by atoms with Gasteiger partial charge >= 0.3 is 0 Å². The smallest absolute Gasteiger partial charge is 0.272 e. The Balaban J connectivity index is 1.59. The zero-order valence-corrected chi connectivity index (χ0v) is 25.0. The molecule has 0 N–H and O–H groups in total. The highest BCUT2D eigenvalue weighted by atomic mass is 79.9. The minimum absolute atomic E-state index is 0.197. The molecule has 2 aliphatic heterocycles. The summed E-state index contributed by atoms with van der Waals surface area (Å²) in [6, 6.07) is 25.6. The lowest BCUT2D eigenvalue weighted by atomic mass is 9.81. The fourth-order valence-corrected chi connectivity index (χ4v) is 5.81. The van der Waals surface area contributed by atoms with Gasteiger partial charge in [-0.15, -0.1) is 0 Å². The SMILES string of the molecule is CC1C(c2ccc(Br)cc2)=NN(c2ccc(Br)cc2)[C@@]1(C)C(=O)N1C(=O)CC(C)(C)N1Cc1ccccc1. The number of benzene rings is 3. The quantitative estimate of drug-likeness (QED) is 0.289. The number of carbonyl (C=O) groups is 2. The summed E-state index contributed by atoms with van der Waals surface area (Å²) in [7, 11) is 0. The summed E-state index contributed by atoms with van der Waals surface area (Å²) in [5, 5.41) is 10.1. The van der Waals surface area contributed by atoms with Gasteiger partial charge in [-0.05, 0) is 68.3 Å². The highest BCUT2D eigenvalue weighted by Gasteiger charge is 2.58. The average Bonchev–Trinajstić information content (AvgIpc) is 3.29. The summed E-state index contributed by atoms with van der Waals surface area (Å²) in [4.78, 5) is 28.2. The van der Waals surface area contributed by atoms with E-state index in [-0.39, 0.29) is 24.2 Å². The van der Waals surface area contributed by atoms with Crippen molar-refractivity contribution in [3.8, 4) is 0 Å². The van der Waals surface area contributed by atoms with Crippen molar-refractivity contribution in [2.75, 3.05) is 5.01 Å². The molecule has 196 valence electrons. The predicted octanol–water partition coefficient (Wildman–Crippen LogP) is 6.79. The topological polar surface area (TPSA) is 56.2 Å². The summed E-state index contributed by atoms with van der Waals surface area (Å²) >= 11 is 7.01. The lowest BCUT2D eigenvalue weighted by Gasteiger charge is -2.42. The summed E-state index contributed by atoms with van der Waals surface area (Å²) in [6.45, 7) is 8.39. The molecule has 0 aromatic heterocycles. The van der Waals surface area contributed by atoms with Crippen molar-refractivity contribution >= 4 is 55.1 Å². The van der Waals surface area contributed by atoms with Gasteiger partial charge in [-0.3, -0.25) is 9.59 Å². The number of rotatable bonds is 5. The summed E-state index contributed by atoms with van der Waals surface area (Å²) < 4.78 is 1.90. The Morgan fingerprint density at radius 3 is 2.11 bits per heavy atom. The Kier molecular flexibility index (Phi) is 7.09. The van der Waals surface area contributed by atoms with E-state index in [9.17, 15) is 9.59 Å². The van der Waals surface area contributed by atoms with Gasteiger partial charge in [0.15, 0.2) is 0 Å². The van der Waals surface area contributed by atoms with Crippen LogP contribution in [0.5, 0.6) is 0 Å². The lowest BCUT2D eigenvalue weighted by molar-refractivity contribution is -0.165. The highest BCUT2D eigenvalue weighted by molar-refractivity contribution is 9.10. The molecule has 1 saturated heterocycles. The molecule has 0 spiro atoms. The Labute approximate surface area is 240 Å². The van der Waals surface area contributed by atoms with E-state index in [1.54, 1.807) is 5.01 Å². The molecule has 2 heterocycles. The molecule has 3 aromatic carbocycles. The van der Waals surface area contributed by atoms with Crippen molar-refractivity contribution in [2.24, 2.45) is 11.0 Å². The molecular formula is C30H30Br2N4O2. The van der Waals surface area contributed by atoms with Gasteiger partial charge in [0, 0.05) is 33.4 Å². The van der Waals surface area contributed by atoms with Crippen LogP contribution in [0.3, 0.4) is 0 Å². The maximum atomic E-state index is 14.7. The third-order valence-electron chi connectivity index (χ3n) is 7.67. The fraction of sp³-hybridized carbons (Fsp3) is 0.300. The third kappa shape index (κ3) is 4.63. The van der Waals surface area contributed by atoms with Crippen LogP contribution in [0.25, 0.3) is 0 Å². The van der Waals surface area contributed by atoms with Crippen molar-refractivity contribution < 1.29 is 9.59 Å². The van der Waals surface area contributed by atoms with Crippen molar-refractivity contribution in [2.45, 2.75) is 51.7 Å². The van der Waals surface area contributed by atoms with Gasteiger partial charge in [0.2, 0.25) is 5.91 Å². The second kappa shape index (κ2) is 10.1. The van der Waals surface area contributed by atoms with E-state index in [1.807, 2.05) is 112 Å². The molecule has 0 radical (unpaired) electrons. The summed E-state index contributed by atoms with van der Waals surface area (Å²) in [5.41, 5.74) is 1.91. The van der Waals surface area contributed by atoms with Crippen LogP contribution in [-0.4, -0.2) is 38.6 Å². The van der Waals surface area contributed by atoms with Gasteiger partial charge < -0.3 is 0 Å². The van der Waals surface area contributed by atoms with E-state index in [0.717, 1.165) is 31.5 Å². The second-order valence-electron chi connectivity index (χ2n) is 10.7. The van der Waals surface area contributed by atoms with Gasteiger partial charge in [0.25, 0.3) is 5.91 Å². The summed E-state index contributed by atoms with van der Waals surface area (Å²) in [5.74, 6) is -0.776. The number of hydrogen-bond donors (Lipinski definition) is 0. The number of amides is 2. The molecule has 5 rings (SSSR count). The first kappa shape index (κ1) is 26.8. The average molecular weight is 638 g/mol. The van der Waals surface area contributed by atoms with Crippen LogP contribution in [0.2, 0.25) is 0 Å². The predicted molar refractivity (Wildman–Crippen MR) is 157 cm³/mol. The van der Waals surface area contributed by atoms with Crippen LogP contribution in [0.15, 0.2) is 92.9 Å². The molecule has 2 aliphatic rings.